The summed E-state index contributed by atoms with van der Waals surface area (Å²) in [6.45, 7) is 0.384. The molecule has 33 heavy (non-hydrogen) atoms. The van der Waals surface area contributed by atoms with Gasteiger partial charge in [0, 0.05) is 15.4 Å². The summed E-state index contributed by atoms with van der Waals surface area (Å²) in [5.41, 5.74) is 3.58. The number of ether oxygens (including phenoxy) is 2. The van der Waals surface area contributed by atoms with Gasteiger partial charge in [-0.05, 0) is 81.4 Å². The molecule has 170 valence electrons. The van der Waals surface area contributed by atoms with E-state index < -0.39 is 0 Å². The van der Waals surface area contributed by atoms with E-state index in [2.05, 4.69) is 49.3 Å². The van der Waals surface area contributed by atoms with E-state index in [1.165, 1.54) is 6.07 Å². The molecule has 3 atom stereocenters. The van der Waals surface area contributed by atoms with E-state index in [1.54, 1.807) is 7.11 Å². The van der Waals surface area contributed by atoms with Gasteiger partial charge >= 0.3 is 0 Å². The summed E-state index contributed by atoms with van der Waals surface area (Å²) in [7, 11) is 1.63. The number of fused-ring (bicyclic) bond motifs is 3. The number of hydrogen-bond donors (Lipinski definition) is 1. The lowest BCUT2D eigenvalue weighted by atomic mass is 9.77. The lowest BCUT2D eigenvalue weighted by molar-refractivity contribution is 0.282. The summed E-state index contributed by atoms with van der Waals surface area (Å²) >= 11 is 13.1. The second-order valence-corrected chi connectivity index (χ2v) is 10.5. The lowest BCUT2D eigenvalue weighted by Gasteiger charge is -2.38. The third-order valence-electron chi connectivity index (χ3n) is 6.29. The van der Waals surface area contributed by atoms with Gasteiger partial charge in [-0.25, -0.2) is 4.39 Å². The molecule has 1 aliphatic heterocycles. The molecule has 3 nitrogen and oxygen atoms in total. The Morgan fingerprint density at radius 1 is 1.12 bits per heavy atom. The van der Waals surface area contributed by atoms with E-state index in [1.807, 2.05) is 42.5 Å². The summed E-state index contributed by atoms with van der Waals surface area (Å²) in [6.07, 6.45) is 5.30. The first kappa shape index (κ1) is 22.8. The Hall–Kier alpha value is -2.02. The SMILES string of the molecule is COc1cc([C@@H]2Nc3c(F)cc(Br)cc3[C@H]3C=CC[C@H]32)cc(Br)c1OCc1ccc(Cl)cc1. The van der Waals surface area contributed by atoms with Gasteiger partial charge in [0.15, 0.2) is 11.5 Å². The zero-order valence-corrected chi connectivity index (χ0v) is 21.7. The number of anilines is 1. The number of allylic oxidation sites excluding steroid dienone is 2. The molecule has 3 aromatic rings. The standard InChI is InChI=1S/C26H21Br2ClFNO2/c1-32-23-10-15(9-21(28)26(23)33-13-14-5-7-17(29)8-6-14)24-19-4-2-3-18(19)20-11-16(27)12-22(30)25(20)31-24/h2-3,5-12,18-19,24,31H,4,13H2,1H3/t18-,19+,24-/m0/s1. The molecule has 0 spiro atoms. The first-order valence-corrected chi connectivity index (χ1v) is 12.6. The van der Waals surface area contributed by atoms with Crippen LogP contribution in [0, 0.1) is 11.7 Å². The first-order chi connectivity index (χ1) is 15.9. The molecule has 0 saturated carbocycles. The zero-order valence-electron chi connectivity index (χ0n) is 17.7. The Labute approximate surface area is 214 Å². The highest BCUT2D eigenvalue weighted by Crippen LogP contribution is 2.52. The van der Waals surface area contributed by atoms with Crippen LogP contribution in [-0.2, 0) is 6.61 Å². The van der Waals surface area contributed by atoms with Crippen LogP contribution < -0.4 is 14.8 Å². The van der Waals surface area contributed by atoms with Gasteiger partial charge in [0.25, 0.3) is 0 Å². The van der Waals surface area contributed by atoms with E-state index in [4.69, 9.17) is 21.1 Å². The van der Waals surface area contributed by atoms with Crippen LogP contribution in [0.1, 0.15) is 35.1 Å². The molecule has 7 heteroatoms. The molecule has 1 aliphatic carbocycles. The molecule has 0 aromatic heterocycles. The van der Waals surface area contributed by atoms with Crippen molar-refractivity contribution in [2.24, 2.45) is 5.92 Å². The fourth-order valence-corrected chi connectivity index (χ4v) is 5.89. The van der Waals surface area contributed by atoms with Gasteiger partial charge in [-0.1, -0.05) is 51.8 Å². The van der Waals surface area contributed by atoms with Gasteiger partial charge in [0.2, 0.25) is 0 Å². The molecule has 0 bridgehead atoms. The Bertz CT molecular complexity index is 1230. The van der Waals surface area contributed by atoms with E-state index in [0.717, 1.165) is 32.1 Å². The van der Waals surface area contributed by atoms with E-state index in [9.17, 15) is 4.39 Å². The zero-order chi connectivity index (χ0) is 23.1. The molecule has 1 N–H and O–H groups in total. The van der Waals surface area contributed by atoms with Gasteiger partial charge in [-0.2, -0.15) is 0 Å². The van der Waals surface area contributed by atoms with Crippen LogP contribution >= 0.6 is 43.5 Å². The molecule has 0 fully saturated rings. The second-order valence-electron chi connectivity index (χ2n) is 8.28. The van der Waals surface area contributed by atoms with Gasteiger partial charge in [-0.3, -0.25) is 0 Å². The topological polar surface area (TPSA) is 30.5 Å². The molecule has 0 amide bonds. The number of nitrogens with one attached hydrogen (secondary N) is 1. The predicted octanol–water partition coefficient (Wildman–Crippen LogP) is 8.42. The molecule has 0 radical (unpaired) electrons. The average Bonchev–Trinajstić information content (AvgIpc) is 3.29. The summed E-state index contributed by atoms with van der Waals surface area (Å²) < 4.78 is 28.2. The molecule has 2 aliphatic rings. The fourth-order valence-electron chi connectivity index (χ4n) is 4.75. The van der Waals surface area contributed by atoms with Crippen LogP contribution in [0.2, 0.25) is 5.02 Å². The van der Waals surface area contributed by atoms with Gasteiger partial charge in [-0.15, -0.1) is 0 Å². The Morgan fingerprint density at radius 2 is 1.91 bits per heavy atom. The van der Waals surface area contributed by atoms with Crippen molar-refractivity contribution in [3.8, 4) is 11.5 Å². The van der Waals surface area contributed by atoms with Gasteiger partial charge in [0.1, 0.15) is 12.4 Å². The molecule has 0 saturated heterocycles. The molecule has 1 heterocycles. The predicted molar refractivity (Wildman–Crippen MR) is 137 cm³/mol. The minimum absolute atomic E-state index is 0.0660. The monoisotopic (exact) mass is 591 g/mol. The molecule has 3 aromatic carbocycles. The van der Waals surface area contributed by atoms with E-state index in [-0.39, 0.29) is 23.7 Å². The number of halogens is 4. The first-order valence-electron chi connectivity index (χ1n) is 10.6. The largest absolute Gasteiger partial charge is 0.493 e. The highest BCUT2D eigenvalue weighted by Gasteiger charge is 2.39. The third kappa shape index (κ3) is 4.41. The number of rotatable bonds is 5. The van der Waals surface area contributed by atoms with Crippen LogP contribution in [0.4, 0.5) is 10.1 Å². The van der Waals surface area contributed by atoms with Crippen molar-refractivity contribution < 1.29 is 13.9 Å². The maximum absolute atomic E-state index is 14.9. The molecule has 0 unspecified atom stereocenters. The van der Waals surface area contributed by atoms with Crippen molar-refractivity contribution in [3.63, 3.8) is 0 Å². The minimum Gasteiger partial charge on any atom is -0.493 e. The fraction of sp³-hybridized carbons (Fsp3) is 0.231. The number of methoxy groups -OCH3 is 1. The van der Waals surface area contributed by atoms with Crippen molar-refractivity contribution in [3.05, 3.63) is 97.2 Å². The quantitative estimate of drug-likeness (QED) is 0.301. The average molecular weight is 594 g/mol. The summed E-state index contributed by atoms with van der Waals surface area (Å²) in [5.74, 6) is 1.44. The third-order valence-corrected chi connectivity index (χ3v) is 7.59. The van der Waals surface area contributed by atoms with Crippen molar-refractivity contribution in [2.75, 3.05) is 12.4 Å². The van der Waals surface area contributed by atoms with Crippen LogP contribution in [0.25, 0.3) is 0 Å². The highest BCUT2D eigenvalue weighted by atomic mass is 79.9. The highest BCUT2D eigenvalue weighted by molar-refractivity contribution is 9.10. The summed E-state index contributed by atoms with van der Waals surface area (Å²) in [5, 5.41) is 4.16. The molecular formula is C26H21Br2ClFNO2. The van der Waals surface area contributed by atoms with Crippen LogP contribution in [0.15, 0.2) is 69.6 Å². The Kier molecular flexibility index (Phi) is 6.43. The van der Waals surface area contributed by atoms with Crippen LogP contribution in [-0.4, -0.2) is 7.11 Å². The van der Waals surface area contributed by atoms with Crippen molar-refractivity contribution in [1.29, 1.82) is 0 Å². The van der Waals surface area contributed by atoms with Crippen LogP contribution in [0.3, 0.4) is 0 Å². The van der Waals surface area contributed by atoms with Crippen molar-refractivity contribution >= 4 is 49.1 Å². The van der Waals surface area contributed by atoms with Gasteiger partial charge in [0.05, 0.1) is 23.3 Å². The molecule has 5 rings (SSSR count). The number of hydrogen-bond acceptors (Lipinski definition) is 3. The van der Waals surface area contributed by atoms with E-state index in [0.29, 0.717) is 28.8 Å². The van der Waals surface area contributed by atoms with Gasteiger partial charge < -0.3 is 14.8 Å². The van der Waals surface area contributed by atoms with Crippen molar-refractivity contribution in [1.82, 2.24) is 0 Å². The van der Waals surface area contributed by atoms with E-state index >= 15 is 0 Å². The smallest absolute Gasteiger partial charge is 0.175 e. The maximum Gasteiger partial charge on any atom is 0.175 e. The maximum atomic E-state index is 14.9. The minimum atomic E-state index is -0.253. The summed E-state index contributed by atoms with van der Waals surface area (Å²) in [6, 6.07) is 15.0. The normalized spacial score (nSPS) is 20.7. The van der Waals surface area contributed by atoms with Crippen molar-refractivity contribution in [2.45, 2.75) is 25.0 Å². The van der Waals surface area contributed by atoms with Crippen LogP contribution in [0.5, 0.6) is 11.5 Å². The Balaban J connectivity index is 1.47. The Morgan fingerprint density at radius 3 is 2.67 bits per heavy atom. The number of benzene rings is 3. The lowest BCUT2D eigenvalue weighted by Crippen LogP contribution is -2.29. The summed E-state index contributed by atoms with van der Waals surface area (Å²) in [4.78, 5) is 0. The molecular weight excluding hydrogens is 573 g/mol. The second kappa shape index (κ2) is 9.32.